The normalized spacial score (nSPS) is 10.8. The molecule has 0 atom stereocenters. The van der Waals surface area contributed by atoms with Crippen LogP contribution in [0.4, 0.5) is 5.69 Å². The van der Waals surface area contributed by atoms with Crippen molar-refractivity contribution in [3.63, 3.8) is 0 Å². The number of nitrogens with zero attached hydrogens (tertiary/aromatic N) is 2. The Morgan fingerprint density at radius 3 is 2.62 bits per heavy atom. The summed E-state index contributed by atoms with van der Waals surface area (Å²) in [5.74, 6) is -0.329. The number of halogens is 1. The van der Waals surface area contributed by atoms with Gasteiger partial charge in [-0.2, -0.15) is 5.10 Å². The molecule has 2 aromatic carbocycles. The number of fused-ring (bicyclic) bond motifs is 1. The van der Waals surface area contributed by atoms with Crippen LogP contribution in [0.25, 0.3) is 10.8 Å². The van der Waals surface area contributed by atoms with Gasteiger partial charge in [0.15, 0.2) is 0 Å². The largest absolute Gasteiger partial charge is 0.324 e. The zero-order valence-electron chi connectivity index (χ0n) is 13.3. The monoisotopic (exact) mass is 341 g/mol. The molecule has 0 aliphatic heterocycles. The average molecular weight is 342 g/mol. The zero-order chi connectivity index (χ0) is 17.3. The van der Waals surface area contributed by atoms with Crippen molar-refractivity contribution in [2.24, 2.45) is 0 Å². The first-order valence-electron chi connectivity index (χ1n) is 7.48. The molecule has 0 saturated heterocycles. The molecule has 0 unspecified atom stereocenters. The molecule has 1 amide bonds. The molecule has 122 valence electrons. The predicted molar refractivity (Wildman–Crippen MR) is 95.6 cm³/mol. The number of nitrogens with one attached hydrogen (secondary N) is 1. The lowest BCUT2D eigenvalue weighted by Gasteiger charge is -2.11. The van der Waals surface area contributed by atoms with E-state index in [0.29, 0.717) is 21.8 Å². The number of amides is 1. The number of carbonyl (C=O) groups excluding carboxylic acids is 1. The van der Waals surface area contributed by atoms with Crippen molar-refractivity contribution >= 4 is 34.0 Å². The highest BCUT2D eigenvalue weighted by molar-refractivity contribution is 6.31. The van der Waals surface area contributed by atoms with Crippen molar-refractivity contribution in [3.8, 4) is 0 Å². The Balaban J connectivity index is 1.90. The molecular weight excluding hydrogens is 326 g/mol. The third-order valence-corrected chi connectivity index (χ3v) is 4.05. The zero-order valence-corrected chi connectivity index (χ0v) is 14.1. The van der Waals surface area contributed by atoms with Gasteiger partial charge in [-0.05, 0) is 37.6 Å². The molecule has 1 aromatic heterocycles. The smallest absolute Gasteiger partial charge is 0.275 e. The summed E-state index contributed by atoms with van der Waals surface area (Å²) in [4.78, 5) is 24.8. The minimum Gasteiger partial charge on any atom is -0.324 e. The van der Waals surface area contributed by atoms with Gasteiger partial charge in [0.05, 0.1) is 11.1 Å². The van der Waals surface area contributed by atoms with Gasteiger partial charge >= 0.3 is 0 Å². The number of aryl methyl sites for hydroxylation is 2. The fourth-order valence-corrected chi connectivity index (χ4v) is 2.74. The number of aromatic nitrogens is 2. The van der Waals surface area contributed by atoms with Gasteiger partial charge in [0.25, 0.3) is 5.56 Å². The molecule has 0 saturated carbocycles. The Morgan fingerprint density at radius 1 is 1.17 bits per heavy atom. The maximum absolute atomic E-state index is 12.5. The van der Waals surface area contributed by atoms with Gasteiger partial charge in [-0.3, -0.25) is 9.59 Å². The van der Waals surface area contributed by atoms with Crippen LogP contribution >= 0.6 is 11.6 Å². The van der Waals surface area contributed by atoms with Gasteiger partial charge in [-0.15, -0.1) is 0 Å². The summed E-state index contributed by atoms with van der Waals surface area (Å²) in [7, 11) is 0. The molecule has 24 heavy (non-hydrogen) atoms. The standard InChI is InChI=1S/C18H16ClN3O2/c1-11-7-8-13(19)9-16(11)20-17(23)10-22-18(24)15-6-4-3-5-14(15)12(2)21-22/h3-9H,10H2,1-2H3,(H,20,23). The van der Waals surface area contributed by atoms with E-state index in [4.69, 9.17) is 11.6 Å². The molecule has 6 heteroatoms. The van der Waals surface area contributed by atoms with Crippen molar-refractivity contribution in [3.05, 3.63) is 69.1 Å². The second-order valence-corrected chi connectivity index (χ2v) is 6.04. The lowest BCUT2D eigenvalue weighted by molar-refractivity contribution is -0.117. The Morgan fingerprint density at radius 2 is 1.88 bits per heavy atom. The molecule has 0 aliphatic rings. The number of carbonyl (C=O) groups is 1. The van der Waals surface area contributed by atoms with Crippen molar-refractivity contribution in [2.75, 3.05) is 5.32 Å². The Kier molecular flexibility index (Phi) is 4.36. The van der Waals surface area contributed by atoms with Crippen molar-refractivity contribution in [1.82, 2.24) is 9.78 Å². The van der Waals surface area contributed by atoms with E-state index < -0.39 is 0 Å². The van der Waals surface area contributed by atoms with Gasteiger partial charge in [0.1, 0.15) is 6.54 Å². The number of benzene rings is 2. The van der Waals surface area contributed by atoms with Crippen LogP contribution in [0, 0.1) is 13.8 Å². The molecule has 3 aromatic rings. The first kappa shape index (κ1) is 16.2. The topological polar surface area (TPSA) is 64.0 Å². The summed E-state index contributed by atoms with van der Waals surface area (Å²) >= 11 is 5.95. The fourth-order valence-electron chi connectivity index (χ4n) is 2.57. The second kappa shape index (κ2) is 6.45. The van der Waals surface area contributed by atoms with Crippen LogP contribution in [0.1, 0.15) is 11.3 Å². The molecule has 1 heterocycles. The Labute approximate surface area is 143 Å². The lowest BCUT2D eigenvalue weighted by Crippen LogP contribution is -2.30. The van der Waals surface area contributed by atoms with Crippen LogP contribution in [0.2, 0.25) is 5.02 Å². The van der Waals surface area contributed by atoms with E-state index >= 15 is 0 Å². The van der Waals surface area contributed by atoms with E-state index in [9.17, 15) is 9.59 Å². The summed E-state index contributed by atoms with van der Waals surface area (Å²) in [6, 6.07) is 12.5. The fraction of sp³-hybridized carbons (Fsp3) is 0.167. The first-order chi connectivity index (χ1) is 11.5. The predicted octanol–water partition coefficient (Wildman–Crippen LogP) is 3.31. The van der Waals surface area contributed by atoms with Crippen molar-refractivity contribution in [2.45, 2.75) is 20.4 Å². The first-order valence-corrected chi connectivity index (χ1v) is 7.86. The quantitative estimate of drug-likeness (QED) is 0.795. The summed E-state index contributed by atoms with van der Waals surface area (Å²) in [5.41, 5.74) is 1.94. The van der Waals surface area contributed by atoms with E-state index in [-0.39, 0.29) is 18.0 Å². The molecule has 0 fully saturated rings. The minimum atomic E-state index is -0.329. The third-order valence-electron chi connectivity index (χ3n) is 3.82. The van der Waals surface area contributed by atoms with Gasteiger partial charge in [0.2, 0.25) is 5.91 Å². The number of rotatable bonds is 3. The van der Waals surface area contributed by atoms with E-state index in [1.165, 1.54) is 4.68 Å². The van der Waals surface area contributed by atoms with Gasteiger partial charge in [-0.25, -0.2) is 4.68 Å². The number of hydrogen-bond acceptors (Lipinski definition) is 3. The van der Waals surface area contributed by atoms with E-state index in [1.807, 2.05) is 32.0 Å². The molecule has 3 rings (SSSR count). The van der Waals surface area contributed by atoms with Gasteiger partial charge < -0.3 is 5.32 Å². The SMILES string of the molecule is Cc1ccc(Cl)cc1NC(=O)Cn1nc(C)c2ccccc2c1=O. The summed E-state index contributed by atoms with van der Waals surface area (Å²) in [6.45, 7) is 3.53. The van der Waals surface area contributed by atoms with E-state index in [2.05, 4.69) is 10.4 Å². The van der Waals surface area contributed by atoms with Crippen LogP contribution in [-0.4, -0.2) is 15.7 Å². The molecule has 0 aliphatic carbocycles. The highest BCUT2D eigenvalue weighted by Gasteiger charge is 2.12. The number of hydrogen-bond donors (Lipinski definition) is 1. The molecule has 0 radical (unpaired) electrons. The highest BCUT2D eigenvalue weighted by Crippen LogP contribution is 2.20. The van der Waals surface area contributed by atoms with Crippen molar-refractivity contribution in [1.29, 1.82) is 0 Å². The third kappa shape index (κ3) is 3.16. The minimum absolute atomic E-state index is 0.156. The molecule has 5 nitrogen and oxygen atoms in total. The summed E-state index contributed by atoms with van der Waals surface area (Å²) < 4.78 is 1.19. The summed E-state index contributed by atoms with van der Waals surface area (Å²) in [6.07, 6.45) is 0. The molecular formula is C18H16ClN3O2. The average Bonchev–Trinajstić information content (AvgIpc) is 2.56. The number of anilines is 1. The van der Waals surface area contributed by atoms with Crippen LogP contribution in [0.5, 0.6) is 0 Å². The molecule has 1 N–H and O–H groups in total. The second-order valence-electron chi connectivity index (χ2n) is 5.60. The highest BCUT2D eigenvalue weighted by atomic mass is 35.5. The van der Waals surface area contributed by atoms with E-state index in [0.717, 1.165) is 10.9 Å². The van der Waals surface area contributed by atoms with Crippen LogP contribution in [0.15, 0.2) is 47.3 Å². The Bertz CT molecular complexity index is 995. The van der Waals surface area contributed by atoms with Crippen LogP contribution in [0.3, 0.4) is 0 Å². The van der Waals surface area contributed by atoms with E-state index in [1.54, 1.807) is 24.3 Å². The van der Waals surface area contributed by atoms with Gasteiger partial charge in [-0.1, -0.05) is 35.9 Å². The van der Waals surface area contributed by atoms with Crippen LogP contribution in [-0.2, 0) is 11.3 Å². The lowest BCUT2D eigenvalue weighted by atomic mass is 10.1. The van der Waals surface area contributed by atoms with Gasteiger partial charge in [0, 0.05) is 16.1 Å². The summed E-state index contributed by atoms with van der Waals surface area (Å²) in [5, 5.41) is 8.89. The maximum Gasteiger partial charge on any atom is 0.275 e. The molecule has 0 spiro atoms. The van der Waals surface area contributed by atoms with Crippen LogP contribution < -0.4 is 10.9 Å². The Hall–Kier alpha value is -2.66. The maximum atomic E-state index is 12.5. The molecule has 0 bridgehead atoms. The van der Waals surface area contributed by atoms with Crippen molar-refractivity contribution < 1.29 is 4.79 Å².